The molecule has 2 aromatic rings. The van der Waals surface area contributed by atoms with E-state index in [-0.39, 0.29) is 5.82 Å². The highest BCUT2D eigenvalue weighted by Gasteiger charge is 2.23. The predicted octanol–water partition coefficient (Wildman–Crippen LogP) is 3.75. The molecule has 0 aliphatic heterocycles. The van der Waals surface area contributed by atoms with Gasteiger partial charge in [0.1, 0.15) is 11.6 Å². The van der Waals surface area contributed by atoms with E-state index in [0.29, 0.717) is 18.2 Å². The van der Waals surface area contributed by atoms with Crippen molar-refractivity contribution < 1.29 is 9.13 Å². The number of ether oxygens (including phenoxy) is 1. The lowest BCUT2D eigenvalue weighted by Crippen LogP contribution is -2.05. The van der Waals surface area contributed by atoms with Gasteiger partial charge in [0.05, 0.1) is 6.10 Å². The summed E-state index contributed by atoms with van der Waals surface area (Å²) in [6.07, 6.45) is 2.67. The summed E-state index contributed by atoms with van der Waals surface area (Å²) in [5.74, 6) is 0.678. The summed E-state index contributed by atoms with van der Waals surface area (Å²) in [4.78, 5) is 0. The van der Waals surface area contributed by atoms with Crippen molar-refractivity contribution in [3.05, 3.63) is 53.8 Å². The molecule has 0 radical (unpaired) electrons. The zero-order valence-corrected chi connectivity index (χ0v) is 11.5. The van der Waals surface area contributed by atoms with Gasteiger partial charge in [-0.1, -0.05) is 24.3 Å². The summed E-state index contributed by atoms with van der Waals surface area (Å²) in [6.45, 7) is 0.672. The van der Waals surface area contributed by atoms with E-state index in [4.69, 9.17) is 4.74 Å². The van der Waals surface area contributed by atoms with Crippen LogP contribution < -0.4 is 10.1 Å². The average Bonchev–Trinajstić information content (AvgIpc) is 3.25. The van der Waals surface area contributed by atoms with Gasteiger partial charge < -0.3 is 10.1 Å². The highest BCUT2D eigenvalue weighted by molar-refractivity contribution is 5.65. The summed E-state index contributed by atoms with van der Waals surface area (Å²) in [6, 6.07) is 13.0. The van der Waals surface area contributed by atoms with Crippen LogP contribution in [0.25, 0.3) is 11.1 Å². The molecule has 3 heteroatoms. The average molecular weight is 271 g/mol. The quantitative estimate of drug-likeness (QED) is 0.894. The largest absolute Gasteiger partial charge is 0.490 e. The van der Waals surface area contributed by atoms with Crippen molar-refractivity contribution in [1.29, 1.82) is 0 Å². The third-order valence-corrected chi connectivity index (χ3v) is 3.41. The molecule has 2 aromatic carbocycles. The molecule has 0 amide bonds. The Labute approximate surface area is 118 Å². The molecule has 0 spiro atoms. The van der Waals surface area contributed by atoms with Crippen LogP contribution >= 0.6 is 0 Å². The molecule has 0 atom stereocenters. The first-order valence-electron chi connectivity index (χ1n) is 6.96. The molecule has 0 aromatic heterocycles. The van der Waals surface area contributed by atoms with Gasteiger partial charge in [0.25, 0.3) is 0 Å². The second-order valence-electron chi connectivity index (χ2n) is 5.19. The van der Waals surface area contributed by atoms with Crippen molar-refractivity contribution in [2.75, 3.05) is 7.05 Å². The lowest BCUT2D eigenvalue weighted by atomic mass is 10.0. The van der Waals surface area contributed by atoms with Gasteiger partial charge in [0.15, 0.2) is 0 Å². The SMILES string of the molecule is CNCc1ccc(-c2ccc(OC3CC3)cc2)c(F)c1. The maximum absolute atomic E-state index is 14.1. The van der Waals surface area contributed by atoms with Crippen LogP contribution in [0.5, 0.6) is 5.75 Å². The number of rotatable bonds is 5. The molecule has 20 heavy (non-hydrogen) atoms. The molecule has 1 aliphatic carbocycles. The minimum absolute atomic E-state index is 0.186. The molecule has 0 saturated heterocycles. The predicted molar refractivity (Wildman–Crippen MR) is 78.2 cm³/mol. The Morgan fingerprint density at radius 3 is 2.50 bits per heavy atom. The Morgan fingerprint density at radius 2 is 1.90 bits per heavy atom. The molecule has 1 fully saturated rings. The van der Waals surface area contributed by atoms with Crippen molar-refractivity contribution in [2.45, 2.75) is 25.5 Å². The van der Waals surface area contributed by atoms with Crippen molar-refractivity contribution in [2.24, 2.45) is 0 Å². The van der Waals surface area contributed by atoms with Gasteiger partial charge in [-0.25, -0.2) is 4.39 Å². The third kappa shape index (κ3) is 2.99. The van der Waals surface area contributed by atoms with Crippen LogP contribution in [0.2, 0.25) is 0 Å². The molecule has 104 valence electrons. The number of hydrogen-bond acceptors (Lipinski definition) is 2. The summed E-state index contributed by atoms with van der Waals surface area (Å²) in [5.41, 5.74) is 2.45. The van der Waals surface area contributed by atoms with E-state index >= 15 is 0 Å². The molecule has 0 unspecified atom stereocenters. The molecule has 0 bridgehead atoms. The molecule has 1 aliphatic rings. The zero-order chi connectivity index (χ0) is 13.9. The minimum atomic E-state index is -0.186. The van der Waals surface area contributed by atoms with Crippen molar-refractivity contribution in [3.63, 3.8) is 0 Å². The fourth-order valence-corrected chi connectivity index (χ4v) is 2.20. The molecule has 2 nitrogen and oxygen atoms in total. The maximum atomic E-state index is 14.1. The van der Waals surface area contributed by atoms with Crippen molar-refractivity contribution in [3.8, 4) is 16.9 Å². The van der Waals surface area contributed by atoms with E-state index in [2.05, 4.69) is 5.32 Å². The highest BCUT2D eigenvalue weighted by atomic mass is 19.1. The molecule has 0 heterocycles. The van der Waals surface area contributed by atoms with Gasteiger partial charge in [0, 0.05) is 12.1 Å². The fraction of sp³-hybridized carbons (Fsp3) is 0.294. The minimum Gasteiger partial charge on any atom is -0.490 e. The monoisotopic (exact) mass is 271 g/mol. The maximum Gasteiger partial charge on any atom is 0.131 e. The smallest absolute Gasteiger partial charge is 0.131 e. The van der Waals surface area contributed by atoms with Gasteiger partial charge in [-0.3, -0.25) is 0 Å². The van der Waals surface area contributed by atoms with Crippen LogP contribution in [-0.2, 0) is 6.54 Å². The van der Waals surface area contributed by atoms with Crippen molar-refractivity contribution >= 4 is 0 Å². The standard InChI is InChI=1S/C17H18FNO/c1-19-11-12-2-9-16(17(18)10-12)13-3-5-14(6-4-13)20-15-7-8-15/h2-6,9-10,15,19H,7-8,11H2,1H3. The van der Waals surface area contributed by atoms with E-state index < -0.39 is 0 Å². The van der Waals surface area contributed by atoms with Crippen LogP contribution in [0.15, 0.2) is 42.5 Å². The van der Waals surface area contributed by atoms with E-state index in [0.717, 1.165) is 29.7 Å². The fourth-order valence-electron chi connectivity index (χ4n) is 2.20. The van der Waals surface area contributed by atoms with E-state index in [1.54, 1.807) is 6.07 Å². The molecule has 3 rings (SSSR count). The lowest BCUT2D eigenvalue weighted by molar-refractivity contribution is 0.303. The third-order valence-electron chi connectivity index (χ3n) is 3.41. The number of hydrogen-bond donors (Lipinski definition) is 1. The molecule has 1 saturated carbocycles. The van der Waals surface area contributed by atoms with Crippen LogP contribution in [0.4, 0.5) is 4.39 Å². The van der Waals surface area contributed by atoms with Crippen LogP contribution in [0.3, 0.4) is 0 Å². The van der Waals surface area contributed by atoms with E-state index in [9.17, 15) is 4.39 Å². The first-order valence-corrected chi connectivity index (χ1v) is 6.96. The summed E-state index contributed by atoms with van der Waals surface area (Å²) in [7, 11) is 1.85. The summed E-state index contributed by atoms with van der Waals surface area (Å²) >= 11 is 0. The van der Waals surface area contributed by atoms with E-state index in [1.807, 2.05) is 43.4 Å². The molecule has 1 N–H and O–H groups in total. The Hall–Kier alpha value is -1.87. The first kappa shape index (κ1) is 13.1. The van der Waals surface area contributed by atoms with Crippen LogP contribution in [0, 0.1) is 5.82 Å². The second-order valence-corrected chi connectivity index (χ2v) is 5.19. The number of nitrogens with one attached hydrogen (secondary N) is 1. The Morgan fingerprint density at radius 1 is 1.15 bits per heavy atom. The van der Waals surface area contributed by atoms with Crippen LogP contribution in [0.1, 0.15) is 18.4 Å². The topological polar surface area (TPSA) is 21.3 Å². The van der Waals surface area contributed by atoms with Crippen molar-refractivity contribution in [1.82, 2.24) is 5.32 Å². The Balaban J connectivity index is 1.80. The summed E-state index contributed by atoms with van der Waals surface area (Å²) < 4.78 is 19.8. The zero-order valence-electron chi connectivity index (χ0n) is 11.5. The van der Waals surface area contributed by atoms with Gasteiger partial charge in [-0.2, -0.15) is 0 Å². The normalized spacial score (nSPS) is 14.3. The molecular formula is C17H18FNO. The first-order chi connectivity index (χ1) is 9.76. The van der Waals surface area contributed by atoms with Crippen LogP contribution in [-0.4, -0.2) is 13.2 Å². The Bertz CT molecular complexity index is 590. The molecular weight excluding hydrogens is 253 g/mol. The highest BCUT2D eigenvalue weighted by Crippen LogP contribution is 2.29. The second kappa shape index (κ2) is 5.63. The van der Waals surface area contributed by atoms with Gasteiger partial charge in [-0.05, 0) is 49.2 Å². The number of benzene rings is 2. The lowest BCUT2D eigenvalue weighted by Gasteiger charge is -2.08. The van der Waals surface area contributed by atoms with Gasteiger partial charge >= 0.3 is 0 Å². The number of halogens is 1. The van der Waals surface area contributed by atoms with Gasteiger partial charge in [0.2, 0.25) is 0 Å². The summed E-state index contributed by atoms with van der Waals surface area (Å²) in [5, 5.41) is 3.02. The Kier molecular flexibility index (Phi) is 3.70. The van der Waals surface area contributed by atoms with Gasteiger partial charge in [-0.15, -0.1) is 0 Å². The van der Waals surface area contributed by atoms with E-state index in [1.165, 1.54) is 0 Å².